The monoisotopic (exact) mass is 338 g/mol. The summed E-state index contributed by atoms with van der Waals surface area (Å²) in [6, 6.07) is 8.38. The van der Waals surface area contributed by atoms with Gasteiger partial charge in [0.05, 0.1) is 5.69 Å². The van der Waals surface area contributed by atoms with Crippen LogP contribution in [0.1, 0.15) is 41.8 Å². The zero-order chi connectivity index (χ0) is 18.6. The molecule has 0 spiro atoms. The summed E-state index contributed by atoms with van der Waals surface area (Å²) < 4.78 is 1.12. The molecule has 128 valence electrons. The zero-order valence-electron chi connectivity index (χ0n) is 14.3. The van der Waals surface area contributed by atoms with E-state index in [1.807, 2.05) is 13.0 Å². The molecule has 0 radical (unpaired) electrons. The molecular formula is C18H18N4O3. The molecule has 1 N–H and O–H groups in total. The van der Waals surface area contributed by atoms with Crippen LogP contribution in [0.2, 0.25) is 0 Å². The first-order chi connectivity index (χ1) is 11.9. The highest BCUT2D eigenvalue weighted by Crippen LogP contribution is 2.27. The molecule has 0 aliphatic heterocycles. The van der Waals surface area contributed by atoms with E-state index in [1.165, 1.54) is 6.92 Å². The second-order valence-corrected chi connectivity index (χ2v) is 5.54. The molecule has 0 saturated carbocycles. The van der Waals surface area contributed by atoms with E-state index in [1.54, 1.807) is 31.2 Å². The van der Waals surface area contributed by atoms with Crippen LogP contribution < -0.4 is 5.56 Å². The fourth-order valence-corrected chi connectivity index (χ4v) is 2.36. The zero-order valence-corrected chi connectivity index (χ0v) is 14.3. The van der Waals surface area contributed by atoms with Crippen LogP contribution in [0.5, 0.6) is 5.88 Å². The number of Topliss-reactive ketones (excluding diaryl/α,β-unsaturated/α-hetero) is 1. The van der Waals surface area contributed by atoms with E-state index in [0.29, 0.717) is 17.7 Å². The highest BCUT2D eigenvalue weighted by atomic mass is 16.3. The Kier molecular flexibility index (Phi) is 5.45. The number of carbonyl (C=O) groups is 1. The number of benzene rings is 1. The molecule has 0 atom stereocenters. The van der Waals surface area contributed by atoms with E-state index in [9.17, 15) is 20.0 Å². The Morgan fingerprint density at radius 3 is 2.44 bits per heavy atom. The highest BCUT2D eigenvalue weighted by Gasteiger charge is 2.18. The van der Waals surface area contributed by atoms with Crippen molar-refractivity contribution in [2.75, 3.05) is 0 Å². The summed E-state index contributed by atoms with van der Waals surface area (Å²) in [4.78, 5) is 23.8. The van der Waals surface area contributed by atoms with Crippen LogP contribution in [0.25, 0.3) is 0 Å². The third-order valence-electron chi connectivity index (χ3n) is 3.76. The van der Waals surface area contributed by atoms with Gasteiger partial charge in [-0.25, -0.2) is 0 Å². The van der Waals surface area contributed by atoms with Gasteiger partial charge in [-0.2, -0.15) is 10.4 Å². The number of carbonyl (C=O) groups excluding carboxylic acids is 1. The van der Waals surface area contributed by atoms with Gasteiger partial charge in [-0.1, -0.05) is 6.92 Å². The molecule has 0 saturated heterocycles. The fraction of sp³-hybridized carbons (Fsp3) is 0.278. The first kappa shape index (κ1) is 18.1. The summed E-state index contributed by atoms with van der Waals surface area (Å²) in [5.74, 6) is -0.407. The average molecular weight is 338 g/mol. The summed E-state index contributed by atoms with van der Waals surface area (Å²) in [5, 5.41) is 27.4. The van der Waals surface area contributed by atoms with E-state index in [-0.39, 0.29) is 35.0 Å². The number of azo groups is 1. The Morgan fingerprint density at radius 1 is 1.28 bits per heavy atom. The molecule has 2 rings (SSSR count). The van der Waals surface area contributed by atoms with Gasteiger partial charge >= 0.3 is 0 Å². The normalized spacial score (nSPS) is 10.8. The lowest BCUT2D eigenvalue weighted by atomic mass is 10.1. The maximum Gasteiger partial charge on any atom is 0.281 e. The fourth-order valence-electron chi connectivity index (χ4n) is 2.36. The van der Waals surface area contributed by atoms with Gasteiger partial charge in [0, 0.05) is 17.7 Å². The lowest BCUT2D eigenvalue weighted by Crippen LogP contribution is -2.21. The lowest BCUT2D eigenvalue weighted by Gasteiger charge is -2.11. The first-order valence-corrected chi connectivity index (χ1v) is 7.79. The summed E-state index contributed by atoms with van der Waals surface area (Å²) >= 11 is 0. The number of nitriles is 1. The molecule has 7 heteroatoms. The van der Waals surface area contributed by atoms with Crippen LogP contribution in [-0.4, -0.2) is 15.5 Å². The number of pyridine rings is 1. The smallest absolute Gasteiger partial charge is 0.281 e. The number of nitrogens with zero attached hydrogens (tertiary/aromatic N) is 4. The molecule has 0 bridgehead atoms. The Bertz CT molecular complexity index is 935. The van der Waals surface area contributed by atoms with Gasteiger partial charge < -0.3 is 5.11 Å². The van der Waals surface area contributed by atoms with Gasteiger partial charge in [-0.05, 0) is 44.5 Å². The van der Waals surface area contributed by atoms with Crippen molar-refractivity contribution >= 4 is 17.2 Å². The minimum Gasteiger partial charge on any atom is -0.493 e. The lowest BCUT2D eigenvalue weighted by molar-refractivity contribution is 0.101. The van der Waals surface area contributed by atoms with Crippen molar-refractivity contribution in [3.63, 3.8) is 0 Å². The first-order valence-electron chi connectivity index (χ1n) is 7.79. The van der Waals surface area contributed by atoms with E-state index in [2.05, 4.69) is 10.2 Å². The van der Waals surface area contributed by atoms with E-state index in [0.717, 1.165) is 4.57 Å². The van der Waals surface area contributed by atoms with Gasteiger partial charge in [-0.3, -0.25) is 14.2 Å². The van der Waals surface area contributed by atoms with Crippen molar-refractivity contribution < 1.29 is 9.90 Å². The van der Waals surface area contributed by atoms with Crippen molar-refractivity contribution in [1.82, 2.24) is 4.57 Å². The molecule has 2 aromatic rings. The molecule has 7 nitrogen and oxygen atoms in total. The predicted molar refractivity (Wildman–Crippen MR) is 92.7 cm³/mol. The van der Waals surface area contributed by atoms with Crippen LogP contribution in [0.3, 0.4) is 0 Å². The van der Waals surface area contributed by atoms with Gasteiger partial charge in [-0.15, -0.1) is 5.11 Å². The molecule has 0 aliphatic rings. The number of hydrogen-bond donors (Lipinski definition) is 1. The molecule has 0 aliphatic carbocycles. The van der Waals surface area contributed by atoms with Crippen molar-refractivity contribution in [2.24, 2.45) is 10.2 Å². The van der Waals surface area contributed by atoms with Crippen LogP contribution in [0.4, 0.5) is 11.4 Å². The summed E-state index contributed by atoms with van der Waals surface area (Å²) in [6.45, 7) is 5.14. The Hall–Kier alpha value is -3.27. The van der Waals surface area contributed by atoms with E-state index in [4.69, 9.17) is 0 Å². The van der Waals surface area contributed by atoms with Gasteiger partial charge in [0.1, 0.15) is 11.6 Å². The van der Waals surface area contributed by atoms with Crippen LogP contribution in [0, 0.1) is 18.3 Å². The average Bonchev–Trinajstić information content (AvgIpc) is 2.59. The molecule has 0 fully saturated rings. The van der Waals surface area contributed by atoms with Crippen LogP contribution in [0.15, 0.2) is 39.3 Å². The van der Waals surface area contributed by atoms with Crippen molar-refractivity contribution in [2.45, 2.75) is 33.7 Å². The van der Waals surface area contributed by atoms with Gasteiger partial charge in [0.25, 0.3) is 5.56 Å². The number of rotatable bonds is 5. The third-order valence-corrected chi connectivity index (χ3v) is 3.76. The predicted octanol–water partition coefficient (Wildman–Crippen LogP) is 3.76. The highest BCUT2D eigenvalue weighted by molar-refractivity contribution is 5.94. The van der Waals surface area contributed by atoms with Crippen molar-refractivity contribution in [3.8, 4) is 11.9 Å². The van der Waals surface area contributed by atoms with E-state index < -0.39 is 5.56 Å². The van der Waals surface area contributed by atoms with Crippen LogP contribution >= 0.6 is 0 Å². The van der Waals surface area contributed by atoms with Crippen molar-refractivity contribution in [1.29, 1.82) is 5.26 Å². The maximum atomic E-state index is 12.5. The Balaban J connectivity index is 2.52. The molecule has 1 aromatic heterocycles. The molecule has 1 aromatic carbocycles. The summed E-state index contributed by atoms with van der Waals surface area (Å²) in [6.07, 6.45) is 0.616. The van der Waals surface area contributed by atoms with Crippen LogP contribution in [-0.2, 0) is 6.54 Å². The van der Waals surface area contributed by atoms with Gasteiger partial charge in [0.2, 0.25) is 5.88 Å². The quantitative estimate of drug-likeness (QED) is 0.661. The molecular weight excluding hydrogens is 320 g/mol. The summed E-state index contributed by atoms with van der Waals surface area (Å²) in [7, 11) is 0. The minimum atomic E-state index is -0.500. The Labute approximate surface area is 144 Å². The topological polar surface area (TPSA) is 108 Å². The molecule has 1 heterocycles. The molecule has 0 amide bonds. The third kappa shape index (κ3) is 3.63. The second-order valence-electron chi connectivity index (χ2n) is 5.54. The maximum absolute atomic E-state index is 12.5. The van der Waals surface area contributed by atoms with Crippen molar-refractivity contribution in [3.05, 3.63) is 51.3 Å². The largest absolute Gasteiger partial charge is 0.493 e. The molecule has 25 heavy (non-hydrogen) atoms. The number of hydrogen-bond acceptors (Lipinski definition) is 6. The standard InChI is InChI=1S/C18H18N4O3/c1-4-9-22-17(24)15(10-19)11(2)16(18(22)25)21-20-14-7-5-13(6-8-14)12(3)23/h5-8,24H,4,9H2,1-3H3. The molecule has 0 unspecified atom stereocenters. The SMILES string of the molecule is CCCn1c(O)c(C#N)c(C)c(N=Nc2ccc(C(C)=O)cc2)c1=O. The van der Waals surface area contributed by atoms with Gasteiger partial charge in [0.15, 0.2) is 11.5 Å². The minimum absolute atomic E-state index is 0.00827. The number of aromatic nitrogens is 1. The summed E-state index contributed by atoms with van der Waals surface area (Å²) in [5.41, 5.74) is 0.822. The second kappa shape index (κ2) is 7.53. The number of ketones is 1. The number of aromatic hydroxyl groups is 1. The Morgan fingerprint density at radius 2 is 1.92 bits per heavy atom. The van der Waals surface area contributed by atoms with E-state index >= 15 is 0 Å².